The second kappa shape index (κ2) is 5.00. The second-order valence-corrected chi connectivity index (χ2v) is 5.30. The lowest BCUT2D eigenvalue weighted by Crippen LogP contribution is -2.19. The number of rotatable bonds is 2. The monoisotopic (exact) mass is 268 g/mol. The van der Waals surface area contributed by atoms with E-state index in [1.165, 1.54) is 11.1 Å². The molecule has 0 bridgehead atoms. The van der Waals surface area contributed by atoms with Crippen LogP contribution in [0, 0.1) is 11.8 Å². The Morgan fingerprint density at radius 1 is 1.30 bits per heavy atom. The molecule has 2 atom stereocenters. The quantitative estimate of drug-likeness (QED) is 0.849. The number of benzene rings is 1. The molecular formula is C15H16N4O. The summed E-state index contributed by atoms with van der Waals surface area (Å²) in [4.78, 5) is 19.3. The van der Waals surface area contributed by atoms with Gasteiger partial charge in [0.1, 0.15) is 6.04 Å². The molecule has 1 aliphatic carbocycles. The maximum atomic E-state index is 11.1. The van der Waals surface area contributed by atoms with Crippen molar-refractivity contribution in [3.05, 3.63) is 57.8 Å². The molecule has 0 fully saturated rings. The molecule has 2 aromatic rings. The molecule has 0 radical (unpaired) electrons. The van der Waals surface area contributed by atoms with Crippen LogP contribution < -0.4 is 5.73 Å². The van der Waals surface area contributed by atoms with Gasteiger partial charge in [-0.1, -0.05) is 35.0 Å². The molecule has 1 heterocycles. The predicted molar refractivity (Wildman–Crippen MR) is 77.2 cm³/mol. The number of nitrogen functional groups attached to an aromatic ring is 1. The first kappa shape index (κ1) is 12.7. The number of hydrogen-bond donors (Lipinski definition) is 1. The van der Waals surface area contributed by atoms with Crippen molar-refractivity contribution in [3.63, 3.8) is 0 Å². The van der Waals surface area contributed by atoms with Gasteiger partial charge in [-0.2, -0.15) is 4.91 Å². The molecule has 5 nitrogen and oxygen atoms in total. The molecule has 102 valence electrons. The Kier molecular flexibility index (Phi) is 3.18. The van der Waals surface area contributed by atoms with Crippen LogP contribution in [-0.2, 0) is 6.42 Å². The maximum absolute atomic E-state index is 11.1. The number of aromatic nitrogens is 2. The van der Waals surface area contributed by atoms with E-state index in [1.807, 2.05) is 0 Å². The van der Waals surface area contributed by atoms with Crippen molar-refractivity contribution < 1.29 is 0 Å². The van der Waals surface area contributed by atoms with Crippen LogP contribution in [0.5, 0.6) is 0 Å². The van der Waals surface area contributed by atoms with Gasteiger partial charge in [0.05, 0.1) is 5.69 Å². The van der Waals surface area contributed by atoms with Gasteiger partial charge in [0, 0.05) is 11.8 Å². The summed E-state index contributed by atoms with van der Waals surface area (Å²) in [5.74, 6) is 0.498. The Bertz CT molecular complexity index is 639. The zero-order valence-electron chi connectivity index (χ0n) is 11.3. The summed E-state index contributed by atoms with van der Waals surface area (Å²) >= 11 is 0. The van der Waals surface area contributed by atoms with Crippen LogP contribution >= 0.6 is 0 Å². The molecular weight excluding hydrogens is 252 g/mol. The van der Waals surface area contributed by atoms with Gasteiger partial charge in [0.2, 0.25) is 5.95 Å². The molecule has 2 N–H and O–H groups in total. The maximum Gasteiger partial charge on any atom is 0.220 e. The molecule has 1 aliphatic rings. The minimum atomic E-state index is -0.384. The lowest BCUT2D eigenvalue weighted by molar-refractivity contribution is 0.492. The fourth-order valence-corrected chi connectivity index (χ4v) is 2.79. The highest BCUT2D eigenvalue weighted by molar-refractivity contribution is 5.35. The molecule has 0 spiro atoms. The summed E-state index contributed by atoms with van der Waals surface area (Å²) in [5, 5.41) is 3.24. The molecule has 0 saturated carbocycles. The highest BCUT2D eigenvalue weighted by Gasteiger charge is 2.30. The molecule has 0 amide bonds. The SMILES string of the molecule is Cc1ccc(C2Cc3nc(N)ncc3C(N=O)C2)cc1. The van der Waals surface area contributed by atoms with Crippen molar-refractivity contribution in [2.24, 2.45) is 5.18 Å². The average molecular weight is 268 g/mol. The summed E-state index contributed by atoms with van der Waals surface area (Å²) in [6.45, 7) is 2.06. The van der Waals surface area contributed by atoms with E-state index in [0.29, 0.717) is 6.42 Å². The molecule has 2 unspecified atom stereocenters. The van der Waals surface area contributed by atoms with Crippen molar-refractivity contribution in [3.8, 4) is 0 Å². The van der Waals surface area contributed by atoms with Crippen molar-refractivity contribution in [2.45, 2.75) is 31.7 Å². The Labute approximate surface area is 117 Å². The Morgan fingerprint density at radius 3 is 2.75 bits per heavy atom. The third-order valence-electron chi connectivity index (χ3n) is 3.90. The van der Waals surface area contributed by atoms with Gasteiger partial charge in [0.25, 0.3) is 0 Å². The fourth-order valence-electron chi connectivity index (χ4n) is 2.79. The van der Waals surface area contributed by atoms with E-state index in [9.17, 15) is 4.91 Å². The van der Waals surface area contributed by atoms with E-state index in [0.717, 1.165) is 17.7 Å². The predicted octanol–water partition coefficient (Wildman–Crippen LogP) is 2.90. The summed E-state index contributed by atoms with van der Waals surface area (Å²) in [6, 6.07) is 8.01. The van der Waals surface area contributed by atoms with Gasteiger partial charge in [-0.3, -0.25) is 0 Å². The van der Waals surface area contributed by atoms with Crippen LogP contribution in [0.15, 0.2) is 35.6 Å². The summed E-state index contributed by atoms with van der Waals surface area (Å²) in [5.41, 5.74) is 9.74. The number of aryl methyl sites for hydroxylation is 1. The molecule has 5 heteroatoms. The number of nitroso groups, excluding NO2 is 1. The topological polar surface area (TPSA) is 81.2 Å². The van der Waals surface area contributed by atoms with Crippen LogP contribution in [-0.4, -0.2) is 9.97 Å². The minimum absolute atomic E-state index is 0.248. The molecule has 3 rings (SSSR count). The number of nitrogens with zero attached hydrogens (tertiary/aromatic N) is 3. The van der Waals surface area contributed by atoms with Gasteiger partial charge in [0.15, 0.2) is 0 Å². The van der Waals surface area contributed by atoms with Crippen LogP contribution in [0.4, 0.5) is 5.95 Å². The molecule has 20 heavy (non-hydrogen) atoms. The van der Waals surface area contributed by atoms with Gasteiger partial charge in [-0.15, -0.1) is 0 Å². The van der Waals surface area contributed by atoms with Gasteiger partial charge in [-0.05, 0) is 31.2 Å². The van der Waals surface area contributed by atoms with E-state index >= 15 is 0 Å². The average Bonchev–Trinajstić information content (AvgIpc) is 2.46. The number of fused-ring (bicyclic) bond motifs is 1. The third kappa shape index (κ3) is 2.27. The smallest absolute Gasteiger partial charge is 0.220 e. The van der Waals surface area contributed by atoms with Gasteiger partial charge >= 0.3 is 0 Å². The first-order valence-corrected chi connectivity index (χ1v) is 6.67. The van der Waals surface area contributed by atoms with E-state index < -0.39 is 0 Å². The van der Waals surface area contributed by atoms with Crippen molar-refractivity contribution in [1.82, 2.24) is 9.97 Å². The Balaban J connectivity index is 1.97. The summed E-state index contributed by atoms with van der Waals surface area (Å²) in [7, 11) is 0. The second-order valence-electron chi connectivity index (χ2n) is 5.30. The zero-order chi connectivity index (χ0) is 14.1. The highest BCUT2D eigenvalue weighted by Crippen LogP contribution is 2.39. The van der Waals surface area contributed by atoms with Crippen LogP contribution in [0.1, 0.15) is 40.8 Å². The summed E-state index contributed by atoms with van der Waals surface area (Å²) < 4.78 is 0. The highest BCUT2D eigenvalue weighted by atomic mass is 16.3. The number of nitrogens with two attached hydrogens (primary N) is 1. The Hall–Kier alpha value is -2.30. The van der Waals surface area contributed by atoms with Crippen LogP contribution in [0.3, 0.4) is 0 Å². The number of hydrogen-bond acceptors (Lipinski definition) is 5. The standard InChI is InChI=1S/C15H16N4O/c1-9-2-4-10(5-3-9)11-6-13-12(14(7-11)19-20)8-17-15(16)18-13/h2-5,8,11,14H,6-7H2,1H3,(H2,16,17,18). The van der Waals surface area contributed by atoms with Gasteiger partial charge in [-0.25, -0.2) is 9.97 Å². The minimum Gasteiger partial charge on any atom is -0.368 e. The number of anilines is 1. The van der Waals surface area contributed by atoms with Crippen molar-refractivity contribution in [1.29, 1.82) is 0 Å². The van der Waals surface area contributed by atoms with E-state index in [2.05, 4.69) is 46.3 Å². The van der Waals surface area contributed by atoms with Crippen LogP contribution in [0.25, 0.3) is 0 Å². The summed E-state index contributed by atoms with van der Waals surface area (Å²) in [6.07, 6.45) is 3.11. The van der Waals surface area contributed by atoms with Crippen molar-refractivity contribution >= 4 is 5.95 Å². The fraction of sp³-hybridized carbons (Fsp3) is 0.333. The van der Waals surface area contributed by atoms with E-state index in [-0.39, 0.29) is 17.9 Å². The van der Waals surface area contributed by atoms with E-state index in [1.54, 1.807) is 6.20 Å². The molecule has 0 aliphatic heterocycles. The molecule has 0 saturated heterocycles. The molecule has 1 aromatic heterocycles. The first-order chi connectivity index (χ1) is 9.67. The Morgan fingerprint density at radius 2 is 2.05 bits per heavy atom. The first-order valence-electron chi connectivity index (χ1n) is 6.67. The largest absolute Gasteiger partial charge is 0.368 e. The van der Waals surface area contributed by atoms with E-state index in [4.69, 9.17) is 5.73 Å². The third-order valence-corrected chi connectivity index (χ3v) is 3.90. The van der Waals surface area contributed by atoms with Crippen LogP contribution in [0.2, 0.25) is 0 Å². The van der Waals surface area contributed by atoms with Crippen molar-refractivity contribution in [2.75, 3.05) is 5.73 Å². The zero-order valence-corrected chi connectivity index (χ0v) is 11.3. The molecule has 1 aromatic carbocycles. The lowest BCUT2D eigenvalue weighted by Gasteiger charge is -2.27. The lowest BCUT2D eigenvalue weighted by atomic mass is 9.80. The normalized spacial score (nSPS) is 21.2. The van der Waals surface area contributed by atoms with Gasteiger partial charge < -0.3 is 5.73 Å².